The Bertz CT molecular complexity index is 538. The second-order valence-corrected chi connectivity index (χ2v) is 6.63. The molecule has 2 N–H and O–H groups in total. The van der Waals surface area contributed by atoms with Crippen LogP contribution in [0.15, 0.2) is 24.3 Å². The maximum Gasteiger partial charge on any atom is 0.230 e. The Morgan fingerprint density at radius 1 is 1.39 bits per heavy atom. The van der Waals surface area contributed by atoms with Crippen molar-refractivity contribution in [1.29, 1.82) is 0 Å². The van der Waals surface area contributed by atoms with Gasteiger partial charge in [0.2, 0.25) is 5.91 Å². The minimum Gasteiger partial charge on any atom is -0.381 e. The molecular weight excluding hydrogens is 295 g/mol. The van der Waals surface area contributed by atoms with Crippen molar-refractivity contribution in [2.24, 2.45) is 5.92 Å². The number of ether oxygens (including phenoxy) is 1. The van der Waals surface area contributed by atoms with E-state index in [0.717, 1.165) is 31.5 Å². The van der Waals surface area contributed by atoms with E-state index in [1.165, 1.54) is 12.1 Å². The van der Waals surface area contributed by atoms with E-state index in [9.17, 15) is 9.18 Å². The first-order valence-electron chi connectivity index (χ1n) is 8.53. The molecule has 2 heterocycles. The van der Waals surface area contributed by atoms with Crippen molar-refractivity contribution in [3.8, 4) is 0 Å². The first kappa shape index (κ1) is 16.4. The van der Waals surface area contributed by atoms with Gasteiger partial charge in [-0.05, 0) is 62.4 Å². The van der Waals surface area contributed by atoms with Gasteiger partial charge < -0.3 is 15.4 Å². The van der Waals surface area contributed by atoms with Crippen LogP contribution in [0.3, 0.4) is 0 Å². The van der Waals surface area contributed by atoms with Crippen LogP contribution in [-0.2, 0) is 14.9 Å². The first-order chi connectivity index (χ1) is 11.2. The summed E-state index contributed by atoms with van der Waals surface area (Å²) in [5.74, 6) is 0.201. The van der Waals surface area contributed by atoms with Crippen molar-refractivity contribution < 1.29 is 13.9 Å². The number of piperidine rings is 1. The summed E-state index contributed by atoms with van der Waals surface area (Å²) in [4.78, 5) is 13.0. The van der Waals surface area contributed by atoms with Crippen LogP contribution in [0.2, 0.25) is 0 Å². The molecule has 2 aliphatic rings. The summed E-state index contributed by atoms with van der Waals surface area (Å²) in [5.41, 5.74) is 0.0997. The maximum atomic E-state index is 13.7. The molecule has 1 aromatic carbocycles. The van der Waals surface area contributed by atoms with Gasteiger partial charge in [0.1, 0.15) is 5.82 Å². The number of carbonyl (C=O) groups is 1. The molecule has 3 rings (SSSR count). The zero-order valence-electron chi connectivity index (χ0n) is 13.4. The van der Waals surface area contributed by atoms with Crippen LogP contribution in [0.1, 0.15) is 31.2 Å². The van der Waals surface area contributed by atoms with E-state index in [1.54, 1.807) is 6.07 Å². The van der Waals surface area contributed by atoms with Crippen LogP contribution in [0.5, 0.6) is 0 Å². The standard InChI is InChI=1S/C18H25FN2O2/c19-16-5-1-4-15(11-16)18(6-9-23-10-7-18)17(22)21-13-14-3-2-8-20-12-14/h1,4-5,11,14,20H,2-3,6-10,12-13H2,(H,21,22). The van der Waals surface area contributed by atoms with E-state index < -0.39 is 5.41 Å². The Hall–Kier alpha value is -1.46. The van der Waals surface area contributed by atoms with E-state index in [-0.39, 0.29) is 11.7 Å². The van der Waals surface area contributed by atoms with Crippen LogP contribution in [0.4, 0.5) is 4.39 Å². The van der Waals surface area contributed by atoms with Crippen molar-refractivity contribution in [2.75, 3.05) is 32.8 Å². The fraction of sp³-hybridized carbons (Fsp3) is 0.611. The number of hydrogen-bond acceptors (Lipinski definition) is 3. The zero-order chi connectivity index (χ0) is 16.1. The van der Waals surface area contributed by atoms with Crippen LogP contribution in [-0.4, -0.2) is 38.8 Å². The summed E-state index contributed by atoms with van der Waals surface area (Å²) >= 11 is 0. The second kappa shape index (κ2) is 7.41. The van der Waals surface area contributed by atoms with E-state index in [2.05, 4.69) is 10.6 Å². The average molecular weight is 320 g/mol. The summed E-state index contributed by atoms with van der Waals surface area (Å²) in [5, 5.41) is 6.49. The maximum absolute atomic E-state index is 13.7. The molecule has 0 bridgehead atoms. The molecule has 0 spiro atoms. The Morgan fingerprint density at radius 2 is 2.22 bits per heavy atom. The summed E-state index contributed by atoms with van der Waals surface area (Å²) in [6, 6.07) is 6.45. The number of benzene rings is 1. The van der Waals surface area contributed by atoms with Gasteiger partial charge in [0.25, 0.3) is 0 Å². The summed E-state index contributed by atoms with van der Waals surface area (Å²) in [6.07, 6.45) is 3.50. The normalized spacial score (nSPS) is 24.1. The Labute approximate surface area is 136 Å². The third-order valence-corrected chi connectivity index (χ3v) is 5.11. The van der Waals surface area contributed by atoms with E-state index in [1.807, 2.05) is 6.07 Å². The zero-order valence-corrected chi connectivity index (χ0v) is 13.4. The van der Waals surface area contributed by atoms with Gasteiger partial charge in [-0.15, -0.1) is 0 Å². The predicted octanol–water partition coefficient (Wildman–Crippen LogP) is 1.99. The van der Waals surface area contributed by atoms with E-state index >= 15 is 0 Å². The molecule has 0 saturated carbocycles. The fourth-order valence-corrected chi connectivity index (χ4v) is 3.66. The molecule has 126 valence electrons. The lowest BCUT2D eigenvalue weighted by molar-refractivity contribution is -0.130. The van der Waals surface area contributed by atoms with Crippen molar-refractivity contribution in [3.05, 3.63) is 35.6 Å². The lowest BCUT2D eigenvalue weighted by Crippen LogP contribution is -2.50. The van der Waals surface area contributed by atoms with Crippen molar-refractivity contribution in [3.63, 3.8) is 0 Å². The highest BCUT2D eigenvalue weighted by atomic mass is 19.1. The average Bonchev–Trinajstić information content (AvgIpc) is 2.61. The number of nitrogens with one attached hydrogen (secondary N) is 2. The molecule has 1 atom stereocenters. The number of halogens is 1. The van der Waals surface area contributed by atoms with Gasteiger partial charge in [0.05, 0.1) is 5.41 Å². The van der Waals surface area contributed by atoms with Crippen molar-refractivity contribution in [2.45, 2.75) is 31.1 Å². The monoisotopic (exact) mass is 320 g/mol. The van der Waals surface area contributed by atoms with Gasteiger partial charge in [0.15, 0.2) is 0 Å². The molecule has 2 aliphatic heterocycles. The summed E-state index contributed by atoms with van der Waals surface area (Å²) in [7, 11) is 0. The van der Waals surface area contributed by atoms with Crippen LogP contribution in [0, 0.1) is 11.7 Å². The second-order valence-electron chi connectivity index (χ2n) is 6.63. The van der Waals surface area contributed by atoms with Crippen LogP contribution in [0.25, 0.3) is 0 Å². The summed E-state index contributed by atoms with van der Waals surface area (Å²) in [6.45, 7) is 3.78. The predicted molar refractivity (Wildman–Crippen MR) is 86.7 cm³/mol. The van der Waals surface area contributed by atoms with Gasteiger partial charge >= 0.3 is 0 Å². The SMILES string of the molecule is O=C(NCC1CCCNC1)C1(c2cccc(F)c2)CCOCC1. The lowest BCUT2D eigenvalue weighted by Gasteiger charge is -2.37. The molecule has 0 radical (unpaired) electrons. The van der Waals surface area contributed by atoms with Gasteiger partial charge in [0, 0.05) is 19.8 Å². The molecule has 5 heteroatoms. The molecule has 0 aromatic heterocycles. The molecule has 23 heavy (non-hydrogen) atoms. The molecule has 2 saturated heterocycles. The first-order valence-corrected chi connectivity index (χ1v) is 8.53. The third-order valence-electron chi connectivity index (χ3n) is 5.11. The van der Waals surface area contributed by atoms with Gasteiger partial charge in [-0.1, -0.05) is 12.1 Å². The van der Waals surface area contributed by atoms with Gasteiger partial charge in [-0.2, -0.15) is 0 Å². The highest BCUT2D eigenvalue weighted by Gasteiger charge is 2.41. The van der Waals surface area contributed by atoms with Gasteiger partial charge in [-0.3, -0.25) is 4.79 Å². The largest absolute Gasteiger partial charge is 0.381 e. The molecule has 1 aromatic rings. The molecule has 2 fully saturated rings. The molecule has 0 aliphatic carbocycles. The topological polar surface area (TPSA) is 50.4 Å². The smallest absolute Gasteiger partial charge is 0.230 e. The molecular formula is C18H25FN2O2. The highest BCUT2D eigenvalue weighted by molar-refractivity contribution is 5.88. The molecule has 1 unspecified atom stereocenters. The fourth-order valence-electron chi connectivity index (χ4n) is 3.66. The number of amides is 1. The Balaban J connectivity index is 1.73. The van der Waals surface area contributed by atoms with Gasteiger partial charge in [-0.25, -0.2) is 4.39 Å². The minimum atomic E-state index is -0.664. The van der Waals surface area contributed by atoms with Crippen LogP contribution >= 0.6 is 0 Å². The third kappa shape index (κ3) is 3.72. The highest BCUT2D eigenvalue weighted by Crippen LogP contribution is 2.35. The van der Waals surface area contributed by atoms with Crippen LogP contribution < -0.4 is 10.6 Å². The van der Waals surface area contributed by atoms with Crippen molar-refractivity contribution in [1.82, 2.24) is 10.6 Å². The summed E-state index contributed by atoms with van der Waals surface area (Å²) < 4.78 is 19.1. The number of hydrogen-bond donors (Lipinski definition) is 2. The lowest BCUT2D eigenvalue weighted by atomic mass is 9.73. The number of carbonyl (C=O) groups excluding carboxylic acids is 1. The van der Waals surface area contributed by atoms with E-state index in [4.69, 9.17) is 4.74 Å². The Kier molecular flexibility index (Phi) is 5.28. The minimum absolute atomic E-state index is 0.0111. The van der Waals surface area contributed by atoms with Crippen molar-refractivity contribution >= 4 is 5.91 Å². The molecule has 1 amide bonds. The molecule has 4 nitrogen and oxygen atoms in total. The van der Waals surface area contributed by atoms with E-state index in [0.29, 0.717) is 38.5 Å². The number of rotatable bonds is 4. The Morgan fingerprint density at radius 3 is 2.91 bits per heavy atom. The quantitative estimate of drug-likeness (QED) is 0.892.